The molecule has 0 atom stereocenters. The number of piperidine rings is 1. The van der Waals surface area contributed by atoms with Crippen LogP contribution in [0.15, 0.2) is 17.2 Å². The minimum atomic E-state index is -3.40. The summed E-state index contributed by atoms with van der Waals surface area (Å²) >= 11 is 0. The van der Waals surface area contributed by atoms with Gasteiger partial charge in [-0.1, -0.05) is 13.3 Å². The third-order valence-corrected chi connectivity index (χ3v) is 5.90. The number of aliphatic hydroxyl groups is 1. The minimum Gasteiger partial charge on any atom is -0.390 e. The Morgan fingerprint density at radius 3 is 2.47 bits per heavy atom. The molecule has 19 heavy (non-hydrogen) atoms. The van der Waals surface area contributed by atoms with Gasteiger partial charge in [0.05, 0.1) is 6.61 Å². The van der Waals surface area contributed by atoms with Gasteiger partial charge in [-0.2, -0.15) is 4.31 Å². The van der Waals surface area contributed by atoms with Crippen molar-refractivity contribution in [2.75, 3.05) is 13.1 Å². The molecule has 1 N–H and O–H groups in total. The molecule has 0 saturated carbocycles. The van der Waals surface area contributed by atoms with Crippen LogP contribution in [0, 0.1) is 5.92 Å². The van der Waals surface area contributed by atoms with E-state index in [4.69, 9.17) is 5.11 Å². The van der Waals surface area contributed by atoms with Crippen molar-refractivity contribution in [2.24, 2.45) is 13.0 Å². The summed E-state index contributed by atoms with van der Waals surface area (Å²) in [5, 5.41) is 9.15. The quantitative estimate of drug-likeness (QED) is 0.908. The second-order valence-electron chi connectivity index (χ2n) is 5.19. The van der Waals surface area contributed by atoms with Gasteiger partial charge in [0.15, 0.2) is 0 Å². The van der Waals surface area contributed by atoms with E-state index in [2.05, 4.69) is 6.92 Å². The Bertz CT molecular complexity index is 528. The average Bonchev–Trinajstić information content (AvgIpc) is 2.81. The van der Waals surface area contributed by atoms with Crippen molar-refractivity contribution < 1.29 is 13.5 Å². The number of nitrogens with zero attached hydrogens (tertiary/aromatic N) is 2. The van der Waals surface area contributed by atoms with E-state index in [0.717, 1.165) is 19.3 Å². The lowest BCUT2D eigenvalue weighted by molar-refractivity contribution is 0.269. The molecule has 2 rings (SSSR count). The SMILES string of the molecule is CCC1CCN(S(=O)(=O)c2cc(CO)n(C)c2)CC1. The smallest absolute Gasteiger partial charge is 0.244 e. The molecule has 2 heterocycles. The maximum atomic E-state index is 12.5. The zero-order valence-electron chi connectivity index (χ0n) is 11.5. The predicted octanol–water partition coefficient (Wildman–Crippen LogP) is 1.33. The molecule has 1 aromatic rings. The largest absolute Gasteiger partial charge is 0.390 e. The Hall–Kier alpha value is -0.850. The monoisotopic (exact) mass is 286 g/mol. The zero-order valence-corrected chi connectivity index (χ0v) is 12.4. The summed E-state index contributed by atoms with van der Waals surface area (Å²) in [4.78, 5) is 0.286. The van der Waals surface area contributed by atoms with Crippen LogP contribution in [0.4, 0.5) is 0 Å². The molecule has 1 saturated heterocycles. The summed E-state index contributed by atoms with van der Waals surface area (Å²) in [6, 6.07) is 1.56. The Morgan fingerprint density at radius 1 is 1.37 bits per heavy atom. The molecule has 0 radical (unpaired) electrons. The van der Waals surface area contributed by atoms with Crippen LogP contribution in [0.2, 0.25) is 0 Å². The number of aromatic nitrogens is 1. The average molecular weight is 286 g/mol. The van der Waals surface area contributed by atoms with Crippen molar-refractivity contribution in [2.45, 2.75) is 37.7 Å². The van der Waals surface area contributed by atoms with Crippen molar-refractivity contribution in [1.82, 2.24) is 8.87 Å². The van der Waals surface area contributed by atoms with Crippen LogP contribution in [-0.4, -0.2) is 35.5 Å². The standard InChI is InChI=1S/C13H22N2O3S/c1-3-11-4-6-15(7-5-11)19(17,18)13-8-12(10-16)14(2)9-13/h8-9,11,16H,3-7,10H2,1-2H3. The van der Waals surface area contributed by atoms with Crippen LogP contribution in [0.25, 0.3) is 0 Å². The molecule has 6 heteroatoms. The van der Waals surface area contributed by atoms with Crippen LogP contribution >= 0.6 is 0 Å². The highest BCUT2D eigenvalue weighted by molar-refractivity contribution is 7.89. The predicted molar refractivity (Wildman–Crippen MR) is 73.1 cm³/mol. The minimum absolute atomic E-state index is 0.149. The van der Waals surface area contributed by atoms with E-state index in [-0.39, 0.29) is 11.5 Å². The third kappa shape index (κ3) is 2.85. The molecule has 1 aromatic heterocycles. The van der Waals surface area contributed by atoms with Gasteiger partial charge in [0.1, 0.15) is 4.90 Å². The Morgan fingerprint density at radius 2 is 2.00 bits per heavy atom. The van der Waals surface area contributed by atoms with Gasteiger partial charge >= 0.3 is 0 Å². The fraction of sp³-hybridized carbons (Fsp3) is 0.692. The Kier molecular flexibility index (Phi) is 4.32. The van der Waals surface area contributed by atoms with Gasteiger partial charge in [0.2, 0.25) is 10.0 Å². The molecule has 1 aliphatic rings. The van der Waals surface area contributed by atoms with Gasteiger partial charge in [0.25, 0.3) is 0 Å². The van der Waals surface area contributed by atoms with Crippen molar-refractivity contribution in [3.63, 3.8) is 0 Å². The topological polar surface area (TPSA) is 62.5 Å². The van der Waals surface area contributed by atoms with Crippen molar-refractivity contribution in [3.8, 4) is 0 Å². The number of sulfonamides is 1. The highest BCUT2D eigenvalue weighted by Crippen LogP contribution is 2.26. The highest BCUT2D eigenvalue weighted by Gasteiger charge is 2.29. The molecule has 0 aliphatic carbocycles. The van der Waals surface area contributed by atoms with Gasteiger partial charge in [0, 0.05) is 32.0 Å². The van der Waals surface area contributed by atoms with Gasteiger partial charge in [-0.15, -0.1) is 0 Å². The summed E-state index contributed by atoms with van der Waals surface area (Å²) in [6.45, 7) is 3.21. The van der Waals surface area contributed by atoms with Crippen molar-refractivity contribution >= 4 is 10.0 Å². The summed E-state index contributed by atoms with van der Waals surface area (Å²) in [5.41, 5.74) is 0.613. The highest BCUT2D eigenvalue weighted by atomic mass is 32.2. The first-order chi connectivity index (χ1) is 8.98. The van der Waals surface area contributed by atoms with Crippen molar-refractivity contribution in [1.29, 1.82) is 0 Å². The summed E-state index contributed by atoms with van der Waals surface area (Å²) in [5.74, 6) is 0.648. The number of aryl methyl sites for hydroxylation is 1. The fourth-order valence-corrected chi connectivity index (χ4v) is 4.15. The number of aliphatic hydroxyl groups excluding tert-OH is 1. The Balaban J connectivity index is 2.18. The first-order valence-corrected chi connectivity index (χ1v) is 8.19. The molecule has 0 unspecified atom stereocenters. The normalized spacial score (nSPS) is 18.9. The van der Waals surface area contributed by atoms with Crippen LogP contribution in [0.5, 0.6) is 0 Å². The van der Waals surface area contributed by atoms with Crippen LogP contribution < -0.4 is 0 Å². The fourth-order valence-electron chi connectivity index (χ4n) is 2.58. The van der Waals surface area contributed by atoms with Gasteiger partial charge in [-0.05, 0) is 24.8 Å². The van der Waals surface area contributed by atoms with Gasteiger partial charge in [-0.3, -0.25) is 0 Å². The second kappa shape index (κ2) is 5.64. The first kappa shape index (κ1) is 14.6. The number of rotatable bonds is 4. The zero-order chi connectivity index (χ0) is 14.0. The molecule has 5 nitrogen and oxygen atoms in total. The van der Waals surface area contributed by atoms with Crippen molar-refractivity contribution in [3.05, 3.63) is 18.0 Å². The van der Waals surface area contributed by atoms with E-state index in [0.29, 0.717) is 24.7 Å². The third-order valence-electron chi connectivity index (χ3n) is 4.03. The lowest BCUT2D eigenvalue weighted by Crippen LogP contribution is -2.38. The van der Waals surface area contributed by atoms with Gasteiger partial charge < -0.3 is 9.67 Å². The van der Waals surface area contributed by atoms with Crippen LogP contribution in [0.1, 0.15) is 31.9 Å². The second-order valence-corrected chi connectivity index (χ2v) is 7.13. The van der Waals surface area contributed by atoms with E-state index in [1.807, 2.05) is 0 Å². The Labute approximate surface area is 114 Å². The van der Waals surface area contributed by atoms with E-state index >= 15 is 0 Å². The lowest BCUT2D eigenvalue weighted by Gasteiger charge is -2.30. The van der Waals surface area contributed by atoms with E-state index < -0.39 is 10.0 Å². The molecular formula is C13H22N2O3S. The maximum absolute atomic E-state index is 12.5. The molecule has 0 amide bonds. The molecule has 0 aromatic carbocycles. The molecule has 0 bridgehead atoms. The summed E-state index contributed by atoms with van der Waals surface area (Å²) in [6.07, 6.45) is 4.57. The molecule has 1 fully saturated rings. The molecule has 0 spiro atoms. The van der Waals surface area contributed by atoms with Gasteiger partial charge in [-0.25, -0.2) is 8.42 Å². The van der Waals surface area contributed by atoms with Crippen LogP contribution in [0.3, 0.4) is 0 Å². The lowest BCUT2D eigenvalue weighted by atomic mass is 9.96. The summed E-state index contributed by atoms with van der Waals surface area (Å²) in [7, 11) is -1.66. The molecule has 108 valence electrons. The maximum Gasteiger partial charge on any atom is 0.244 e. The van der Waals surface area contributed by atoms with E-state index in [1.54, 1.807) is 28.2 Å². The summed E-state index contributed by atoms with van der Waals surface area (Å²) < 4.78 is 28.2. The number of hydrogen-bond acceptors (Lipinski definition) is 3. The van der Waals surface area contributed by atoms with Crippen LogP contribution in [-0.2, 0) is 23.7 Å². The first-order valence-electron chi connectivity index (χ1n) is 6.75. The molecular weight excluding hydrogens is 264 g/mol. The van der Waals surface area contributed by atoms with E-state index in [1.165, 1.54) is 0 Å². The molecule has 1 aliphatic heterocycles. The number of hydrogen-bond donors (Lipinski definition) is 1. The van der Waals surface area contributed by atoms with E-state index in [9.17, 15) is 8.42 Å².